The maximum absolute atomic E-state index is 4.64. The lowest BCUT2D eigenvalue weighted by Gasteiger charge is -2.36. The first-order valence-corrected chi connectivity index (χ1v) is 7.49. The van der Waals surface area contributed by atoms with Crippen molar-refractivity contribution in [2.45, 2.75) is 45.1 Å². The minimum atomic E-state index is 0.142. The molecule has 0 N–H and O–H groups in total. The van der Waals surface area contributed by atoms with Crippen LogP contribution in [0.5, 0.6) is 0 Å². The summed E-state index contributed by atoms with van der Waals surface area (Å²) in [6, 6.07) is 5.33. The number of piperazine rings is 1. The lowest BCUT2D eigenvalue weighted by atomic mass is 9.92. The van der Waals surface area contributed by atoms with E-state index in [1.165, 1.54) is 37.3 Å². The molecule has 0 radical (unpaired) electrons. The third kappa shape index (κ3) is 2.92. The average molecular weight is 259 g/mol. The summed E-state index contributed by atoms with van der Waals surface area (Å²) < 4.78 is 0. The second-order valence-corrected chi connectivity index (χ2v) is 6.91. The molecule has 1 saturated carbocycles. The van der Waals surface area contributed by atoms with Crippen LogP contribution in [0.1, 0.15) is 39.3 Å². The number of pyridine rings is 1. The Bertz CT molecular complexity index is 420. The minimum absolute atomic E-state index is 0.142. The molecule has 1 aliphatic heterocycles. The molecule has 104 valence electrons. The van der Waals surface area contributed by atoms with E-state index in [0.29, 0.717) is 0 Å². The quantitative estimate of drug-likeness (QED) is 0.814. The highest BCUT2D eigenvalue weighted by Crippen LogP contribution is 2.28. The van der Waals surface area contributed by atoms with Gasteiger partial charge in [0, 0.05) is 43.3 Å². The Labute approximate surface area is 116 Å². The zero-order chi connectivity index (χ0) is 13.5. The molecule has 1 aromatic rings. The Hall–Kier alpha value is -1.09. The molecule has 0 aromatic carbocycles. The van der Waals surface area contributed by atoms with Gasteiger partial charge in [-0.15, -0.1) is 0 Å². The summed E-state index contributed by atoms with van der Waals surface area (Å²) in [5.41, 5.74) is 2.60. The normalized spacial score (nSPS) is 21.7. The van der Waals surface area contributed by atoms with Gasteiger partial charge in [0.1, 0.15) is 0 Å². The van der Waals surface area contributed by atoms with Crippen molar-refractivity contribution in [1.82, 2.24) is 9.88 Å². The predicted molar refractivity (Wildman–Crippen MR) is 79.7 cm³/mol. The van der Waals surface area contributed by atoms with Crippen molar-refractivity contribution in [1.29, 1.82) is 0 Å². The van der Waals surface area contributed by atoms with E-state index in [0.717, 1.165) is 19.1 Å². The summed E-state index contributed by atoms with van der Waals surface area (Å²) >= 11 is 0. The Balaban J connectivity index is 1.63. The number of nitrogens with zero attached hydrogens (tertiary/aromatic N) is 3. The highest BCUT2D eigenvalue weighted by Gasteiger charge is 2.31. The molecule has 1 saturated heterocycles. The van der Waals surface area contributed by atoms with E-state index >= 15 is 0 Å². The third-order valence-electron chi connectivity index (χ3n) is 4.26. The van der Waals surface area contributed by atoms with Crippen LogP contribution < -0.4 is 4.90 Å². The van der Waals surface area contributed by atoms with E-state index in [1.54, 1.807) is 0 Å². The Kier molecular flexibility index (Phi) is 3.25. The van der Waals surface area contributed by atoms with E-state index in [9.17, 15) is 0 Å². The molecule has 2 fully saturated rings. The van der Waals surface area contributed by atoms with Gasteiger partial charge in [0.2, 0.25) is 0 Å². The van der Waals surface area contributed by atoms with Crippen molar-refractivity contribution in [2.75, 3.05) is 31.1 Å². The monoisotopic (exact) mass is 259 g/mol. The first-order valence-electron chi connectivity index (χ1n) is 7.49. The summed E-state index contributed by atoms with van der Waals surface area (Å²) in [5.74, 6) is 0. The molecule has 0 bridgehead atoms. The molecule has 3 heteroatoms. The van der Waals surface area contributed by atoms with Crippen molar-refractivity contribution in [3.8, 4) is 0 Å². The largest absolute Gasteiger partial charge is 0.368 e. The van der Waals surface area contributed by atoms with Gasteiger partial charge < -0.3 is 4.90 Å². The highest BCUT2D eigenvalue weighted by molar-refractivity contribution is 5.45. The molecule has 1 aromatic heterocycles. The second kappa shape index (κ2) is 4.78. The molecular formula is C16H25N3. The van der Waals surface area contributed by atoms with Gasteiger partial charge in [-0.25, -0.2) is 0 Å². The van der Waals surface area contributed by atoms with E-state index in [-0.39, 0.29) is 5.41 Å². The Morgan fingerprint density at radius 1 is 1.05 bits per heavy atom. The van der Waals surface area contributed by atoms with Gasteiger partial charge >= 0.3 is 0 Å². The van der Waals surface area contributed by atoms with Gasteiger partial charge in [-0.1, -0.05) is 20.8 Å². The lowest BCUT2D eigenvalue weighted by molar-refractivity contribution is 0.248. The maximum atomic E-state index is 4.64. The van der Waals surface area contributed by atoms with Crippen LogP contribution in [0.15, 0.2) is 18.3 Å². The fourth-order valence-corrected chi connectivity index (χ4v) is 2.80. The van der Waals surface area contributed by atoms with Gasteiger partial charge in [0.25, 0.3) is 0 Å². The van der Waals surface area contributed by atoms with Gasteiger partial charge in [-0.2, -0.15) is 0 Å². The van der Waals surface area contributed by atoms with Crippen LogP contribution >= 0.6 is 0 Å². The smallest absolute Gasteiger partial charge is 0.0553 e. The summed E-state index contributed by atoms with van der Waals surface area (Å²) in [6.45, 7) is 11.4. The topological polar surface area (TPSA) is 19.4 Å². The van der Waals surface area contributed by atoms with Gasteiger partial charge in [0.05, 0.1) is 11.9 Å². The summed E-state index contributed by atoms with van der Waals surface area (Å²) in [6.07, 6.45) is 4.89. The molecule has 0 amide bonds. The van der Waals surface area contributed by atoms with Gasteiger partial charge in [0.15, 0.2) is 0 Å². The van der Waals surface area contributed by atoms with Crippen LogP contribution in [-0.4, -0.2) is 42.1 Å². The minimum Gasteiger partial charge on any atom is -0.368 e. The molecule has 3 rings (SSSR count). The third-order valence-corrected chi connectivity index (χ3v) is 4.26. The molecule has 0 spiro atoms. The number of hydrogen-bond acceptors (Lipinski definition) is 3. The maximum Gasteiger partial charge on any atom is 0.0553 e. The van der Waals surface area contributed by atoms with E-state index < -0.39 is 0 Å². The number of rotatable bonds is 2. The predicted octanol–water partition coefficient (Wildman–Crippen LogP) is 2.66. The first kappa shape index (κ1) is 12.9. The molecule has 0 atom stereocenters. The van der Waals surface area contributed by atoms with E-state index in [1.807, 2.05) is 6.20 Å². The van der Waals surface area contributed by atoms with Crippen LogP contribution in [0.25, 0.3) is 0 Å². The van der Waals surface area contributed by atoms with Crippen molar-refractivity contribution < 1.29 is 0 Å². The number of aromatic nitrogens is 1. The van der Waals surface area contributed by atoms with Gasteiger partial charge in [-0.3, -0.25) is 9.88 Å². The number of hydrogen-bond donors (Lipinski definition) is 0. The SMILES string of the molecule is CC(C)(C)c1ccc(N2CCN(C3CC3)CC2)cn1. The van der Waals surface area contributed by atoms with Crippen molar-refractivity contribution in [3.63, 3.8) is 0 Å². The summed E-state index contributed by atoms with van der Waals surface area (Å²) in [5, 5.41) is 0. The van der Waals surface area contributed by atoms with E-state index in [4.69, 9.17) is 0 Å². The summed E-state index contributed by atoms with van der Waals surface area (Å²) in [4.78, 5) is 9.75. The summed E-state index contributed by atoms with van der Waals surface area (Å²) in [7, 11) is 0. The Morgan fingerprint density at radius 3 is 2.21 bits per heavy atom. The lowest BCUT2D eigenvalue weighted by Crippen LogP contribution is -2.47. The van der Waals surface area contributed by atoms with Crippen LogP contribution in [0.3, 0.4) is 0 Å². The van der Waals surface area contributed by atoms with Crippen LogP contribution in [0, 0.1) is 0 Å². The molecule has 3 nitrogen and oxygen atoms in total. The zero-order valence-corrected chi connectivity index (χ0v) is 12.4. The van der Waals surface area contributed by atoms with Crippen molar-refractivity contribution >= 4 is 5.69 Å². The fraction of sp³-hybridized carbons (Fsp3) is 0.688. The highest BCUT2D eigenvalue weighted by atomic mass is 15.3. The van der Waals surface area contributed by atoms with E-state index in [2.05, 4.69) is 47.7 Å². The standard InChI is InChI=1S/C16H25N3/c1-16(2,3)15-7-6-14(12-17-15)19-10-8-18(9-11-19)13-4-5-13/h6-7,12-13H,4-5,8-11H2,1-3H3. The molecule has 19 heavy (non-hydrogen) atoms. The zero-order valence-electron chi connectivity index (χ0n) is 12.4. The fourth-order valence-electron chi connectivity index (χ4n) is 2.80. The van der Waals surface area contributed by atoms with Crippen molar-refractivity contribution in [2.24, 2.45) is 0 Å². The van der Waals surface area contributed by atoms with Crippen molar-refractivity contribution in [3.05, 3.63) is 24.0 Å². The first-order chi connectivity index (χ1) is 9.04. The average Bonchev–Trinajstić information content (AvgIpc) is 3.22. The Morgan fingerprint density at radius 2 is 1.74 bits per heavy atom. The van der Waals surface area contributed by atoms with Crippen LogP contribution in [-0.2, 0) is 5.41 Å². The molecule has 0 unspecified atom stereocenters. The molecular weight excluding hydrogens is 234 g/mol. The molecule has 2 aliphatic rings. The molecule has 1 aliphatic carbocycles. The molecule has 2 heterocycles. The number of anilines is 1. The van der Waals surface area contributed by atoms with Crippen LogP contribution in [0.4, 0.5) is 5.69 Å². The second-order valence-electron chi connectivity index (χ2n) is 6.91. The van der Waals surface area contributed by atoms with Gasteiger partial charge in [-0.05, 0) is 25.0 Å². The van der Waals surface area contributed by atoms with Crippen LogP contribution in [0.2, 0.25) is 0 Å².